The Labute approximate surface area is 182 Å². The minimum Gasteiger partial charge on any atom is -0.326 e. The van der Waals surface area contributed by atoms with Gasteiger partial charge in [0, 0.05) is 30.5 Å². The third kappa shape index (κ3) is 5.78. The number of carbonyl (C=O) groups is 1. The zero-order valence-corrected chi connectivity index (χ0v) is 18.6. The SMILES string of the molecule is Cc1cc(C)cc(C(=O)NC(=NCCc2c(C)nn(C)c2C)Nc2ccc(F)cc2)c1. The zero-order chi connectivity index (χ0) is 22.5. The summed E-state index contributed by atoms with van der Waals surface area (Å²) in [6.07, 6.45) is 0.694. The molecule has 3 rings (SSSR count). The van der Waals surface area contributed by atoms with Gasteiger partial charge < -0.3 is 5.32 Å². The first-order chi connectivity index (χ1) is 14.7. The average Bonchev–Trinajstić information content (AvgIpc) is 2.94. The number of aryl methyl sites for hydroxylation is 4. The molecule has 3 aromatic rings. The van der Waals surface area contributed by atoms with Gasteiger partial charge in [0.15, 0.2) is 0 Å². The summed E-state index contributed by atoms with van der Waals surface area (Å²) >= 11 is 0. The van der Waals surface area contributed by atoms with Crippen molar-refractivity contribution in [3.8, 4) is 0 Å². The van der Waals surface area contributed by atoms with Gasteiger partial charge in [0.1, 0.15) is 5.82 Å². The first-order valence-corrected chi connectivity index (χ1v) is 10.2. The predicted octanol–water partition coefficient (Wildman–Crippen LogP) is 4.23. The number of aliphatic imine (C=N–C) groups is 1. The second-order valence-corrected chi connectivity index (χ2v) is 7.72. The lowest BCUT2D eigenvalue weighted by molar-refractivity contribution is 0.0976. The lowest BCUT2D eigenvalue weighted by Gasteiger charge is -2.13. The predicted molar refractivity (Wildman–Crippen MR) is 122 cm³/mol. The maximum Gasteiger partial charge on any atom is 0.257 e. The van der Waals surface area contributed by atoms with Gasteiger partial charge >= 0.3 is 0 Å². The van der Waals surface area contributed by atoms with Crippen molar-refractivity contribution in [2.75, 3.05) is 11.9 Å². The molecule has 0 aliphatic rings. The van der Waals surface area contributed by atoms with Crippen LogP contribution >= 0.6 is 0 Å². The smallest absolute Gasteiger partial charge is 0.257 e. The molecule has 0 spiro atoms. The molecule has 2 aromatic carbocycles. The van der Waals surface area contributed by atoms with E-state index in [1.807, 2.05) is 57.6 Å². The van der Waals surface area contributed by atoms with Crippen LogP contribution in [0.2, 0.25) is 0 Å². The van der Waals surface area contributed by atoms with Crippen LogP contribution in [0.4, 0.5) is 10.1 Å². The van der Waals surface area contributed by atoms with Crippen LogP contribution in [0.5, 0.6) is 0 Å². The fourth-order valence-corrected chi connectivity index (χ4v) is 3.52. The van der Waals surface area contributed by atoms with Crippen LogP contribution < -0.4 is 10.6 Å². The van der Waals surface area contributed by atoms with Crippen molar-refractivity contribution in [1.29, 1.82) is 0 Å². The van der Waals surface area contributed by atoms with Crippen molar-refractivity contribution in [1.82, 2.24) is 15.1 Å². The van der Waals surface area contributed by atoms with Crippen LogP contribution in [-0.4, -0.2) is 28.2 Å². The molecule has 1 aromatic heterocycles. The molecule has 1 heterocycles. The molecule has 162 valence electrons. The number of guanidine groups is 1. The number of hydrogen-bond donors (Lipinski definition) is 2. The highest BCUT2D eigenvalue weighted by Crippen LogP contribution is 2.13. The maximum absolute atomic E-state index is 13.3. The van der Waals surface area contributed by atoms with Crippen molar-refractivity contribution >= 4 is 17.6 Å². The van der Waals surface area contributed by atoms with Gasteiger partial charge in [-0.15, -0.1) is 0 Å². The number of aromatic nitrogens is 2. The van der Waals surface area contributed by atoms with Crippen LogP contribution in [0, 0.1) is 33.5 Å². The number of carbonyl (C=O) groups excluding carboxylic acids is 1. The number of nitrogens with one attached hydrogen (secondary N) is 2. The minimum atomic E-state index is -0.328. The van der Waals surface area contributed by atoms with Crippen molar-refractivity contribution in [2.45, 2.75) is 34.1 Å². The van der Waals surface area contributed by atoms with Gasteiger partial charge in [0.2, 0.25) is 5.96 Å². The number of rotatable bonds is 5. The average molecular weight is 422 g/mol. The van der Waals surface area contributed by atoms with Crippen molar-refractivity contribution in [3.05, 3.63) is 81.9 Å². The van der Waals surface area contributed by atoms with Gasteiger partial charge in [-0.3, -0.25) is 19.8 Å². The second-order valence-electron chi connectivity index (χ2n) is 7.72. The lowest BCUT2D eigenvalue weighted by Crippen LogP contribution is -2.36. The Kier molecular flexibility index (Phi) is 6.84. The molecule has 31 heavy (non-hydrogen) atoms. The van der Waals surface area contributed by atoms with Gasteiger partial charge in [-0.25, -0.2) is 4.39 Å². The van der Waals surface area contributed by atoms with E-state index in [-0.39, 0.29) is 11.7 Å². The van der Waals surface area contributed by atoms with E-state index in [9.17, 15) is 9.18 Å². The van der Waals surface area contributed by atoms with E-state index in [1.165, 1.54) is 12.1 Å². The molecule has 6 nitrogen and oxygen atoms in total. The molecule has 0 aliphatic carbocycles. The summed E-state index contributed by atoms with van der Waals surface area (Å²) in [5, 5.41) is 10.4. The molecule has 0 radical (unpaired) electrons. The fraction of sp³-hybridized carbons (Fsp3) is 0.292. The Bertz CT molecular complexity index is 1100. The molecule has 0 fully saturated rings. The summed E-state index contributed by atoms with van der Waals surface area (Å²) < 4.78 is 15.1. The molecule has 0 saturated carbocycles. The van der Waals surface area contributed by atoms with Crippen LogP contribution in [0.15, 0.2) is 47.5 Å². The highest BCUT2D eigenvalue weighted by Gasteiger charge is 2.12. The van der Waals surface area contributed by atoms with Gasteiger partial charge in [-0.05, 0) is 76.1 Å². The van der Waals surface area contributed by atoms with Crippen LogP contribution in [0.1, 0.15) is 38.4 Å². The van der Waals surface area contributed by atoms with Gasteiger partial charge in [-0.2, -0.15) is 5.10 Å². The van der Waals surface area contributed by atoms with E-state index < -0.39 is 0 Å². The Morgan fingerprint density at radius 2 is 1.71 bits per heavy atom. The Balaban J connectivity index is 1.80. The lowest BCUT2D eigenvalue weighted by atomic mass is 10.1. The molecule has 0 saturated heterocycles. The van der Waals surface area contributed by atoms with Crippen LogP contribution in [0.25, 0.3) is 0 Å². The molecule has 1 amide bonds. The largest absolute Gasteiger partial charge is 0.326 e. The molecule has 0 aliphatic heterocycles. The molecule has 0 unspecified atom stereocenters. The number of benzene rings is 2. The van der Waals surface area contributed by atoms with E-state index in [1.54, 1.807) is 12.1 Å². The van der Waals surface area contributed by atoms with E-state index in [0.717, 1.165) is 28.1 Å². The summed E-state index contributed by atoms with van der Waals surface area (Å²) in [5.41, 5.74) is 6.44. The maximum atomic E-state index is 13.3. The molecule has 2 N–H and O–H groups in total. The summed E-state index contributed by atoms with van der Waals surface area (Å²) in [6.45, 7) is 8.37. The van der Waals surface area contributed by atoms with Crippen LogP contribution in [0.3, 0.4) is 0 Å². The monoisotopic (exact) mass is 421 g/mol. The second kappa shape index (κ2) is 9.55. The number of halogens is 1. The van der Waals surface area contributed by atoms with E-state index in [2.05, 4.69) is 20.7 Å². The van der Waals surface area contributed by atoms with Crippen molar-refractivity contribution in [3.63, 3.8) is 0 Å². The van der Waals surface area contributed by atoms with Crippen LogP contribution in [-0.2, 0) is 13.5 Å². The summed E-state index contributed by atoms with van der Waals surface area (Å²) in [4.78, 5) is 17.4. The fourth-order valence-electron chi connectivity index (χ4n) is 3.52. The zero-order valence-electron chi connectivity index (χ0n) is 18.6. The van der Waals surface area contributed by atoms with E-state index in [4.69, 9.17) is 0 Å². The van der Waals surface area contributed by atoms with E-state index in [0.29, 0.717) is 30.2 Å². The topological polar surface area (TPSA) is 71.3 Å². The first-order valence-electron chi connectivity index (χ1n) is 10.2. The minimum absolute atomic E-state index is 0.256. The van der Waals surface area contributed by atoms with Crippen molar-refractivity contribution in [2.24, 2.45) is 12.0 Å². The van der Waals surface area contributed by atoms with Gasteiger partial charge in [0.25, 0.3) is 5.91 Å². The Morgan fingerprint density at radius 3 is 2.29 bits per heavy atom. The molecule has 0 bridgehead atoms. The van der Waals surface area contributed by atoms with Gasteiger partial charge in [0.05, 0.1) is 5.69 Å². The third-order valence-corrected chi connectivity index (χ3v) is 5.11. The number of anilines is 1. The quantitative estimate of drug-likeness (QED) is 0.478. The standard InChI is InChI=1S/C24H28FN5O/c1-15-12-16(2)14-19(13-15)23(31)28-24(27-21-8-6-20(25)7-9-21)26-11-10-22-17(3)29-30(5)18(22)4/h6-9,12-14H,10-11H2,1-5H3,(H2,26,27,28,31). The summed E-state index contributed by atoms with van der Waals surface area (Å²) in [5.74, 6) is -0.269. The summed E-state index contributed by atoms with van der Waals surface area (Å²) in [7, 11) is 1.92. The Hall–Kier alpha value is -3.48. The molecule has 0 atom stereocenters. The normalized spacial score (nSPS) is 11.5. The molecule has 7 heteroatoms. The highest BCUT2D eigenvalue weighted by atomic mass is 19.1. The molecular formula is C24H28FN5O. The third-order valence-electron chi connectivity index (χ3n) is 5.11. The summed E-state index contributed by atoms with van der Waals surface area (Å²) in [6, 6.07) is 11.6. The van der Waals surface area contributed by atoms with Gasteiger partial charge in [-0.1, -0.05) is 17.2 Å². The Morgan fingerprint density at radius 1 is 1.06 bits per heavy atom. The number of hydrogen-bond acceptors (Lipinski definition) is 3. The molecular weight excluding hydrogens is 393 g/mol. The first kappa shape index (κ1) is 22.2. The number of nitrogens with zero attached hydrogens (tertiary/aromatic N) is 3. The number of amides is 1. The van der Waals surface area contributed by atoms with E-state index >= 15 is 0 Å². The highest BCUT2D eigenvalue weighted by molar-refractivity contribution is 6.10. The van der Waals surface area contributed by atoms with Crippen molar-refractivity contribution < 1.29 is 9.18 Å².